The number of carbonyl (C=O) groups excluding carboxylic acids is 1. The van der Waals surface area contributed by atoms with E-state index in [1.165, 1.54) is 29.7 Å². The lowest BCUT2D eigenvalue weighted by molar-refractivity contribution is -0.137. The Morgan fingerprint density at radius 3 is 2.77 bits per heavy atom. The minimum Gasteiger partial charge on any atom is -0.506 e. The van der Waals surface area contributed by atoms with Crippen LogP contribution in [0.2, 0.25) is 0 Å². The number of phenols is 1. The zero-order chi connectivity index (χ0) is 22.6. The number of thiazole rings is 1. The summed E-state index contributed by atoms with van der Waals surface area (Å²) in [5, 5.41) is 18.7. The number of halogens is 5. The number of rotatable bonds is 6. The van der Waals surface area contributed by atoms with E-state index in [0.29, 0.717) is 20.0 Å². The van der Waals surface area contributed by atoms with Gasteiger partial charge in [0.05, 0.1) is 27.5 Å². The second-order valence-corrected chi connectivity index (χ2v) is 9.41. The van der Waals surface area contributed by atoms with Crippen molar-refractivity contribution >= 4 is 79.5 Å². The molecule has 0 fully saturated rings. The van der Waals surface area contributed by atoms with Crippen LogP contribution in [-0.2, 0) is 17.4 Å². The molecule has 2 aromatic carbocycles. The summed E-state index contributed by atoms with van der Waals surface area (Å²) in [6.07, 6.45) is -3.15. The first-order chi connectivity index (χ1) is 14.6. The van der Waals surface area contributed by atoms with E-state index in [9.17, 15) is 23.1 Å². The third-order valence-corrected chi connectivity index (χ3v) is 6.04. The predicted molar refractivity (Wildman–Crippen MR) is 130 cm³/mol. The molecule has 0 spiro atoms. The van der Waals surface area contributed by atoms with E-state index in [-0.39, 0.29) is 17.9 Å². The zero-order valence-electron chi connectivity index (χ0n) is 15.4. The number of aromatic nitrogens is 1. The van der Waals surface area contributed by atoms with Gasteiger partial charge >= 0.3 is 6.18 Å². The maximum absolute atomic E-state index is 12.8. The standard InChI is InChI=1S/C19H13F3I2N4O2S/c20-19(21,22)11-2-1-3-13(5-11)26-18-27-14(9-31-18)7-16(29)28-25-8-10-4-12(23)6-15(24)17(10)30/h1-6,8-9,30H,7H2,(H,26,27)(H,28,29)/b25-8-. The molecule has 0 aliphatic heterocycles. The largest absolute Gasteiger partial charge is 0.506 e. The van der Waals surface area contributed by atoms with Crippen LogP contribution in [0.5, 0.6) is 5.75 Å². The van der Waals surface area contributed by atoms with Gasteiger partial charge in [0.15, 0.2) is 5.13 Å². The quantitative estimate of drug-likeness (QED) is 0.183. The van der Waals surface area contributed by atoms with E-state index in [1.807, 2.05) is 22.6 Å². The highest BCUT2D eigenvalue weighted by molar-refractivity contribution is 14.1. The van der Waals surface area contributed by atoms with Gasteiger partial charge in [-0.15, -0.1) is 11.3 Å². The molecule has 1 amide bonds. The Balaban J connectivity index is 1.58. The summed E-state index contributed by atoms with van der Waals surface area (Å²) in [5.41, 5.74) is 2.76. The predicted octanol–water partition coefficient (Wildman–Crippen LogP) is 5.51. The Morgan fingerprint density at radius 1 is 1.26 bits per heavy atom. The van der Waals surface area contributed by atoms with Crippen LogP contribution in [0.25, 0.3) is 0 Å². The second-order valence-electron chi connectivity index (χ2n) is 6.14. The Bertz CT molecular complexity index is 1140. The number of alkyl halides is 3. The fourth-order valence-corrected chi connectivity index (χ4v) is 5.02. The van der Waals surface area contributed by atoms with Gasteiger partial charge in [-0.1, -0.05) is 6.07 Å². The van der Waals surface area contributed by atoms with Crippen molar-refractivity contribution in [1.82, 2.24) is 10.4 Å². The average molecular weight is 672 g/mol. The molecule has 0 radical (unpaired) electrons. The summed E-state index contributed by atoms with van der Waals surface area (Å²) in [5.74, 6) is -0.351. The maximum Gasteiger partial charge on any atom is 0.416 e. The van der Waals surface area contributed by atoms with E-state index in [2.05, 4.69) is 43.4 Å². The first kappa shape index (κ1) is 23.7. The zero-order valence-corrected chi connectivity index (χ0v) is 20.5. The lowest BCUT2D eigenvalue weighted by atomic mass is 10.2. The van der Waals surface area contributed by atoms with Gasteiger partial charge in [-0.25, -0.2) is 10.4 Å². The molecule has 31 heavy (non-hydrogen) atoms. The molecule has 0 bridgehead atoms. The van der Waals surface area contributed by atoms with Crippen molar-refractivity contribution in [1.29, 1.82) is 0 Å². The van der Waals surface area contributed by atoms with Gasteiger partial charge in [0, 0.05) is 20.2 Å². The van der Waals surface area contributed by atoms with Gasteiger partial charge in [-0.2, -0.15) is 18.3 Å². The minimum absolute atomic E-state index is 0.0616. The molecule has 3 N–H and O–H groups in total. The molecule has 0 aliphatic rings. The average Bonchev–Trinajstić information content (AvgIpc) is 3.11. The number of hydrogen-bond donors (Lipinski definition) is 3. The SMILES string of the molecule is O=C(Cc1csc(Nc2cccc(C(F)(F)F)c2)n1)N/N=C\c1cc(I)cc(I)c1O. The number of aromatic hydroxyl groups is 1. The lowest BCUT2D eigenvalue weighted by Gasteiger charge is -2.08. The Labute approximate surface area is 206 Å². The van der Waals surface area contributed by atoms with Crippen molar-refractivity contribution in [2.45, 2.75) is 12.6 Å². The topological polar surface area (TPSA) is 86.6 Å². The fourth-order valence-electron chi connectivity index (χ4n) is 2.40. The number of amides is 1. The van der Waals surface area contributed by atoms with Gasteiger partial charge in [0.2, 0.25) is 5.91 Å². The molecule has 0 saturated heterocycles. The van der Waals surface area contributed by atoms with Crippen LogP contribution in [0.4, 0.5) is 24.0 Å². The molecular weight excluding hydrogens is 659 g/mol. The van der Waals surface area contributed by atoms with Gasteiger partial charge < -0.3 is 10.4 Å². The molecule has 12 heteroatoms. The number of hydrazone groups is 1. The summed E-state index contributed by atoms with van der Waals surface area (Å²) < 4.78 is 40.0. The van der Waals surface area contributed by atoms with E-state index in [1.54, 1.807) is 17.5 Å². The highest BCUT2D eigenvalue weighted by atomic mass is 127. The summed E-state index contributed by atoms with van der Waals surface area (Å²) >= 11 is 5.28. The highest BCUT2D eigenvalue weighted by Crippen LogP contribution is 2.32. The van der Waals surface area contributed by atoms with Crippen molar-refractivity contribution < 1.29 is 23.1 Å². The molecule has 1 heterocycles. The van der Waals surface area contributed by atoms with Crippen LogP contribution >= 0.6 is 56.5 Å². The van der Waals surface area contributed by atoms with Crippen molar-refractivity contribution in [2.24, 2.45) is 5.10 Å². The first-order valence-electron chi connectivity index (χ1n) is 8.50. The maximum atomic E-state index is 12.8. The van der Waals surface area contributed by atoms with E-state index in [0.717, 1.165) is 15.7 Å². The normalized spacial score (nSPS) is 11.6. The molecule has 0 aliphatic carbocycles. The van der Waals surface area contributed by atoms with Gasteiger partial charge in [-0.3, -0.25) is 4.79 Å². The summed E-state index contributed by atoms with van der Waals surface area (Å²) in [4.78, 5) is 16.3. The van der Waals surface area contributed by atoms with Crippen molar-refractivity contribution in [2.75, 3.05) is 5.32 Å². The summed E-state index contributed by atoms with van der Waals surface area (Å²) in [6.45, 7) is 0. The molecule has 1 aromatic heterocycles. The van der Waals surface area contributed by atoms with Crippen LogP contribution in [-0.4, -0.2) is 22.2 Å². The molecular formula is C19H13F3I2N4O2S. The number of nitrogens with zero attached hydrogens (tertiary/aromatic N) is 2. The van der Waals surface area contributed by atoms with Crippen LogP contribution in [0.15, 0.2) is 46.9 Å². The van der Waals surface area contributed by atoms with Gasteiger partial charge in [-0.05, 0) is 75.5 Å². The first-order valence-corrected chi connectivity index (χ1v) is 11.5. The molecule has 162 valence electrons. The molecule has 0 saturated carbocycles. The smallest absolute Gasteiger partial charge is 0.416 e. The Kier molecular flexibility index (Phi) is 7.74. The monoisotopic (exact) mass is 672 g/mol. The van der Waals surface area contributed by atoms with Crippen molar-refractivity contribution in [3.63, 3.8) is 0 Å². The number of nitrogens with one attached hydrogen (secondary N) is 2. The molecule has 3 rings (SSSR count). The Hall–Kier alpha value is -1.94. The van der Waals surface area contributed by atoms with Gasteiger partial charge in [0.1, 0.15) is 5.75 Å². The van der Waals surface area contributed by atoms with Gasteiger partial charge in [0.25, 0.3) is 0 Å². The number of carbonyl (C=O) groups is 1. The fraction of sp³-hybridized carbons (Fsp3) is 0.105. The van der Waals surface area contributed by atoms with Crippen LogP contribution < -0.4 is 10.7 Å². The molecule has 0 unspecified atom stereocenters. The van der Waals surface area contributed by atoms with E-state index < -0.39 is 17.6 Å². The van der Waals surface area contributed by atoms with Crippen LogP contribution in [0.1, 0.15) is 16.8 Å². The van der Waals surface area contributed by atoms with Crippen molar-refractivity contribution in [3.05, 3.63) is 65.7 Å². The molecule has 0 atom stereocenters. The second kappa shape index (κ2) is 10.1. The number of benzene rings is 2. The Morgan fingerprint density at radius 2 is 2.03 bits per heavy atom. The number of anilines is 2. The summed E-state index contributed by atoms with van der Waals surface area (Å²) in [6, 6.07) is 8.31. The van der Waals surface area contributed by atoms with Crippen molar-refractivity contribution in [3.8, 4) is 5.75 Å². The third-order valence-electron chi connectivity index (χ3n) is 3.79. The highest BCUT2D eigenvalue weighted by Gasteiger charge is 2.30. The number of hydrogen-bond acceptors (Lipinski definition) is 6. The lowest BCUT2D eigenvalue weighted by Crippen LogP contribution is -2.20. The molecule has 3 aromatic rings. The van der Waals surface area contributed by atoms with E-state index in [4.69, 9.17) is 0 Å². The third kappa shape index (κ3) is 6.77. The van der Waals surface area contributed by atoms with Crippen LogP contribution in [0.3, 0.4) is 0 Å². The van der Waals surface area contributed by atoms with Crippen LogP contribution in [0, 0.1) is 7.14 Å². The number of phenolic OH excluding ortho intramolecular Hbond substituents is 1. The van der Waals surface area contributed by atoms with E-state index >= 15 is 0 Å². The molecule has 6 nitrogen and oxygen atoms in total. The summed E-state index contributed by atoms with van der Waals surface area (Å²) in [7, 11) is 0. The minimum atomic E-state index is -4.43.